The molecular weight excluding hydrogens is 613 g/mol. The molecule has 218 valence electrons. The molecule has 43 heavy (non-hydrogen) atoms. The van der Waals surface area contributed by atoms with E-state index in [0.29, 0.717) is 21.7 Å². The molecular formula is C31H23Cl2N3O6S. The third-order valence-electron chi connectivity index (χ3n) is 5.79. The van der Waals surface area contributed by atoms with E-state index in [1.807, 2.05) is 0 Å². The second-order valence-corrected chi connectivity index (χ2v) is 10.7. The summed E-state index contributed by atoms with van der Waals surface area (Å²) in [4.78, 5) is 50.6. The van der Waals surface area contributed by atoms with E-state index in [1.165, 1.54) is 30.0 Å². The number of benzene rings is 4. The van der Waals surface area contributed by atoms with Crippen LogP contribution in [0.1, 0.15) is 26.3 Å². The summed E-state index contributed by atoms with van der Waals surface area (Å²) >= 11 is 13.8. The molecule has 0 radical (unpaired) electrons. The lowest BCUT2D eigenvalue weighted by Crippen LogP contribution is -2.30. The number of anilines is 2. The summed E-state index contributed by atoms with van der Waals surface area (Å²) in [7, 11) is 0. The maximum absolute atomic E-state index is 13.4. The molecule has 3 amide bonds. The van der Waals surface area contributed by atoms with Crippen LogP contribution in [0.25, 0.3) is 6.08 Å². The quantitative estimate of drug-likeness (QED) is 0.0756. The average Bonchev–Trinajstić information content (AvgIpc) is 2.98. The van der Waals surface area contributed by atoms with Crippen LogP contribution in [-0.2, 0) is 9.59 Å². The first-order valence-corrected chi connectivity index (χ1v) is 14.3. The molecule has 4 rings (SSSR count). The zero-order chi connectivity index (χ0) is 30.9. The number of carboxylic acids is 1. The lowest BCUT2D eigenvalue weighted by Gasteiger charge is -2.13. The molecule has 0 aliphatic heterocycles. The highest BCUT2D eigenvalue weighted by Gasteiger charge is 2.17. The van der Waals surface area contributed by atoms with Crippen molar-refractivity contribution in [1.82, 2.24) is 5.32 Å². The highest BCUT2D eigenvalue weighted by molar-refractivity contribution is 8.00. The molecule has 0 heterocycles. The Labute approximate surface area is 260 Å². The number of halogens is 2. The number of hydrogen-bond donors (Lipinski definition) is 5. The first-order chi connectivity index (χ1) is 20.6. The van der Waals surface area contributed by atoms with Crippen molar-refractivity contribution in [3.8, 4) is 5.75 Å². The number of phenols is 1. The molecule has 0 saturated carbocycles. The molecule has 0 saturated heterocycles. The summed E-state index contributed by atoms with van der Waals surface area (Å²) < 4.78 is 0. The van der Waals surface area contributed by atoms with Crippen LogP contribution in [0, 0.1) is 0 Å². The molecule has 0 spiro atoms. The zero-order valence-corrected chi connectivity index (χ0v) is 24.5. The van der Waals surface area contributed by atoms with E-state index in [0.717, 1.165) is 6.07 Å². The largest absolute Gasteiger partial charge is 0.507 e. The van der Waals surface area contributed by atoms with Gasteiger partial charge in [-0.1, -0.05) is 53.5 Å². The van der Waals surface area contributed by atoms with Crippen LogP contribution < -0.4 is 16.0 Å². The average molecular weight is 637 g/mol. The van der Waals surface area contributed by atoms with Crippen molar-refractivity contribution >= 4 is 76.1 Å². The van der Waals surface area contributed by atoms with Gasteiger partial charge in [0.1, 0.15) is 17.0 Å². The van der Waals surface area contributed by atoms with E-state index in [4.69, 9.17) is 28.3 Å². The number of carboxylic acid groups (broad SMARTS) is 1. The molecule has 4 aromatic rings. The summed E-state index contributed by atoms with van der Waals surface area (Å²) in [5.74, 6) is -3.32. The Morgan fingerprint density at radius 1 is 0.791 bits per heavy atom. The standard InChI is InChI=1S/C31H23Cl2N3O6S/c32-24-10-5-11-25(33)22(24)16-26(36-29(39)18-6-2-1-3-7-18)30(40)35-19-8-4-9-21(14-19)43-17-28(38)34-20-12-13-27(37)23(15-20)31(41)42/h1-16,37H,17H2,(H,34,38)(H,35,40)(H,36,39)(H,41,42)/b26-16+. The number of thioether (sulfide) groups is 1. The Balaban J connectivity index is 1.47. The summed E-state index contributed by atoms with van der Waals surface area (Å²) in [5, 5.41) is 27.3. The number of nitrogens with one attached hydrogen (secondary N) is 3. The van der Waals surface area contributed by atoms with Gasteiger partial charge in [0.2, 0.25) is 5.91 Å². The lowest BCUT2D eigenvalue weighted by molar-refractivity contribution is -0.114. The van der Waals surface area contributed by atoms with Gasteiger partial charge in [0.15, 0.2) is 0 Å². The molecule has 0 unspecified atom stereocenters. The van der Waals surface area contributed by atoms with Crippen molar-refractivity contribution in [2.45, 2.75) is 4.90 Å². The maximum Gasteiger partial charge on any atom is 0.339 e. The number of carbonyl (C=O) groups excluding carboxylic acids is 3. The van der Waals surface area contributed by atoms with E-state index in [-0.39, 0.29) is 32.7 Å². The van der Waals surface area contributed by atoms with Gasteiger partial charge in [-0.05, 0) is 66.7 Å². The number of hydrogen-bond acceptors (Lipinski definition) is 6. The van der Waals surface area contributed by atoms with E-state index in [2.05, 4.69) is 16.0 Å². The Bertz CT molecular complexity index is 1710. The minimum Gasteiger partial charge on any atom is -0.507 e. The first kappa shape index (κ1) is 31.2. The maximum atomic E-state index is 13.4. The predicted molar refractivity (Wildman–Crippen MR) is 168 cm³/mol. The fraction of sp³-hybridized carbons (Fsp3) is 0.0323. The monoisotopic (exact) mass is 635 g/mol. The highest BCUT2D eigenvalue weighted by atomic mass is 35.5. The Hall–Kier alpha value is -4.77. The van der Waals surface area contributed by atoms with E-state index in [1.54, 1.807) is 72.8 Å². The molecule has 0 atom stereocenters. The zero-order valence-electron chi connectivity index (χ0n) is 22.1. The summed E-state index contributed by atoms with van der Waals surface area (Å²) in [6, 6.07) is 23.7. The smallest absolute Gasteiger partial charge is 0.339 e. The minimum absolute atomic E-state index is 0.0238. The second kappa shape index (κ2) is 14.4. The van der Waals surface area contributed by atoms with Crippen molar-refractivity contribution in [3.63, 3.8) is 0 Å². The van der Waals surface area contributed by atoms with Gasteiger partial charge >= 0.3 is 5.97 Å². The number of carbonyl (C=O) groups is 4. The first-order valence-electron chi connectivity index (χ1n) is 12.5. The van der Waals surface area contributed by atoms with Crippen LogP contribution in [0.4, 0.5) is 11.4 Å². The van der Waals surface area contributed by atoms with Crippen LogP contribution in [0.2, 0.25) is 10.0 Å². The predicted octanol–water partition coefficient (Wildman–Crippen LogP) is 6.54. The molecule has 4 aromatic carbocycles. The molecule has 0 fully saturated rings. The second-order valence-electron chi connectivity index (χ2n) is 8.87. The molecule has 0 aliphatic carbocycles. The topological polar surface area (TPSA) is 145 Å². The van der Waals surface area contributed by atoms with Crippen LogP contribution in [0.15, 0.2) is 102 Å². The molecule has 0 aromatic heterocycles. The fourth-order valence-corrected chi connectivity index (χ4v) is 4.99. The molecule has 5 N–H and O–H groups in total. The summed E-state index contributed by atoms with van der Waals surface area (Å²) in [6.45, 7) is 0. The van der Waals surface area contributed by atoms with Crippen LogP contribution in [0.3, 0.4) is 0 Å². The fourth-order valence-electron chi connectivity index (χ4n) is 3.73. The van der Waals surface area contributed by atoms with Gasteiger partial charge in [-0.2, -0.15) is 0 Å². The third kappa shape index (κ3) is 8.62. The number of rotatable bonds is 10. The van der Waals surface area contributed by atoms with Crippen molar-refractivity contribution < 1.29 is 29.4 Å². The number of aromatic carboxylic acids is 1. The van der Waals surface area contributed by atoms with Gasteiger partial charge in [0, 0.05) is 37.4 Å². The van der Waals surface area contributed by atoms with Crippen molar-refractivity contribution in [2.75, 3.05) is 16.4 Å². The lowest BCUT2D eigenvalue weighted by atomic mass is 10.1. The van der Waals surface area contributed by atoms with Gasteiger partial charge in [-0.3, -0.25) is 14.4 Å². The van der Waals surface area contributed by atoms with Gasteiger partial charge in [-0.15, -0.1) is 11.8 Å². The van der Waals surface area contributed by atoms with Crippen LogP contribution >= 0.6 is 35.0 Å². The minimum atomic E-state index is -1.32. The molecule has 12 heteroatoms. The Morgan fingerprint density at radius 3 is 2.16 bits per heavy atom. The van der Waals surface area contributed by atoms with Crippen LogP contribution in [-0.4, -0.2) is 39.7 Å². The van der Waals surface area contributed by atoms with Gasteiger partial charge in [0.25, 0.3) is 11.8 Å². The number of amides is 3. The Kier molecular flexibility index (Phi) is 10.4. The van der Waals surface area contributed by atoms with E-state index >= 15 is 0 Å². The highest BCUT2D eigenvalue weighted by Crippen LogP contribution is 2.28. The summed E-state index contributed by atoms with van der Waals surface area (Å²) in [6.07, 6.45) is 1.39. The van der Waals surface area contributed by atoms with E-state index in [9.17, 15) is 24.3 Å². The molecule has 0 bridgehead atoms. The van der Waals surface area contributed by atoms with Gasteiger partial charge < -0.3 is 26.2 Å². The van der Waals surface area contributed by atoms with Gasteiger partial charge in [0.05, 0.1) is 5.75 Å². The normalized spacial score (nSPS) is 11.0. The number of aromatic hydroxyl groups is 1. The molecule has 9 nitrogen and oxygen atoms in total. The summed E-state index contributed by atoms with van der Waals surface area (Å²) in [5.41, 5.74) is 0.871. The SMILES string of the molecule is O=C(CSc1cccc(NC(=O)/C(=C\c2c(Cl)cccc2Cl)NC(=O)c2ccccc2)c1)Nc1ccc(O)c(C(=O)O)c1. The third-order valence-corrected chi connectivity index (χ3v) is 7.44. The van der Waals surface area contributed by atoms with Gasteiger partial charge in [-0.25, -0.2) is 4.79 Å². The van der Waals surface area contributed by atoms with Crippen molar-refractivity contribution in [1.29, 1.82) is 0 Å². The van der Waals surface area contributed by atoms with E-state index < -0.39 is 29.4 Å². The Morgan fingerprint density at radius 2 is 1.47 bits per heavy atom. The van der Waals surface area contributed by atoms with Crippen molar-refractivity contribution in [2.24, 2.45) is 0 Å². The van der Waals surface area contributed by atoms with Crippen LogP contribution in [0.5, 0.6) is 5.75 Å². The molecule has 0 aliphatic rings. The van der Waals surface area contributed by atoms with Crippen molar-refractivity contribution in [3.05, 3.63) is 123 Å².